The highest BCUT2D eigenvalue weighted by Crippen LogP contribution is 2.47. The zero-order chi connectivity index (χ0) is 26.9. The fraction of sp³-hybridized carbons (Fsp3) is 0.179. The second-order valence-corrected chi connectivity index (χ2v) is 9.08. The maximum absolute atomic E-state index is 13.1. The van der Waals surface area contributed by atoms with E-state index in [9.17, 15) is 29.4 Å². The standard InChI is InChI=1S/C28H24FN3O6/c29-19-1-3-20(4-2-19)30-26(35)28(10-11-28)27(36)31-21-5-7-22(8-6-21)38-25-9-12-32(37)24-14-18(16-34)17(15-33)13-23(24)25/h1-9,12-14,33-34H,10-11,15-16H2,(H,30,35)(H,31,36). The van der Waals surface area contributed by atoms with Crippen LogP contribution in [0.5, 0.6) is 11.5 Å². The van der Waals surface area contributed by atoms with Crippen molar-refractivity contribution in [3.63, 3.8) is 0 Å². The van der Waals surface area contributed by atoms with Crippen LogP contribution in [0, 0.1) is 16.4 Å². The van der Waals surface area contributed by atoms with Gasteiger partial charge in [-0.3, -0.25) is 9.59 Å². The first kappa shape index (κ1) is 25.1. The number of rotatable bonds is 8. The normalized spacial score (nSPS) is 13.7. The molecule has 38 heavy (non-hydrogen) atoms. The molecule has 1 aliphatic rings. The molecule has 0 radical (unpaired) electrons. The molecule has 1 fully saturated rings. The van der Waals surface area contributed by atoms with Crippen LogP contribution in [0.25, 0.3) is 10.9 Å². The molecule has 4 N–H and O–H groups in total. The maximum atomic E-state index is 13.1. The summed E-state index contributed by atoms with van der Waals surface area (Å²) in [6.07, 6.45) is 2.10. The molecule has 0 spiro atoms. The Bertz CT molecular complexity index is 1520. The number of nitrogens with zero attached hydrogens (tertiary/aromatic N) is 1. The Hall–Kier alpha value is -4.54. The van der Waals surface area contributed by atoms with Crippen molar-refractivity contribution in [2.45, 2.75) is 26.1 Å². The number of benzene rings is 3. The van der Waals surface area contributed by atoms with Crippen molar-refractivity contribution < 1.29 is 33.7 Å². The van der Waals surface area contributed by atoms with Crippen LogP contribution in [0.3, 0.4) is 0 Å². The summed E-state index contributed by atoms with van der Waals surface area (Å²) in [6.45, 7) is -0.629. The number of aromatic nitrogens is 1. The molecule has 1 heterocycles. The molecule has 9 nitrogen and oxygen atoms in total. The van der Waals surface area contributed by atoms with Crippen LogP contribution in [0.1, 0.15) is 24.0 Å². The molecule has 0 bridgehead atoms. The highest BCUT2D eigenvalue weighted by atomic mass is 19.1. The molecule has 0 atom stereocenters. The summed E-state index contributed by atoms with van der Waals surface area (Å²) >= 11 is 0. The fourth-order valence-corrected chi connectivity index (χ4v) is 4.20. The number of carbonyl (C=O) groups is 2. The zero-order valence-corrected chi connectivity index (χ0v) is 20.1. The van der Waals surface area contributed by atoms with Crippen LogP contribution in [-0.2, 0) is 22.8 Å². The van der Waals surface area contributed by atoms with Crippen molar-refractivity contribution in [3.8, 4) is 11.5 Å². The van der Waals surface area contributed by atoms with Gasteiger partial charge in [-0.05, 0) is 78.6 Å². The first-order valence-electron chi connectivity index (χ1n) is 11.9. The molecular formula is C28H24FN3O6. The number of aliphatic hydroxyl groups is 2. The van der Waals surface area contributed by atoms with Crippen LogP contribution < -0.4 is 20.1 Å². The van der Waals surface area contributed by atoms with Gasteiger partial charge < -0.3 is 30.8 Å². The molecule has 0 aliphatic heterocycles. The summed E-state index contributed by atoms with van der Waals surface area (Å²) in [5.74, 6) is -0.497. The van der Waals surface area contributed by atoms with E-state index in [1.54, 1.807) is 30.3 Å². The predicted octanol–water partition coefficient (Wildman–Crippen LogP) is 3.75. The van der Waals surface area contributed by atoms with Gasteiger partial charge in [-0.15, -0.1) is 0 Å². The van der Waals surface area contributed by atoms with E-state index in [-0.39, 0.29) is 18.7 Å². The Morgan fingerprint density at radius 2 is 1.45 bits per heavy atom. The highest BCUT2D eigenvalue weighted by Gasteiger charge is 2.56. The minimum atomic E-state index is -1.18. The SMILES string of the molecule is O=C(Nc1ccc(F)cc1)C1(C(=O)Nc2ccc(Oc3cc[n+]([O-])c4cc(CO)c(CO)cc34)cc2)CC1. The first-order chi connectivity index (χ1) is 18.3. The van der Waals surface area contributed by atoms with Gasteiger partial charge in [0.1, 0.15) is 22.7 Å². The average Bonchev–Trinajstić information content (AvgIpc) is 3.74. The van der Waals surface area contributed by atoms with Gasteiger partial charge in [-0.1, -0.05) is 0 Å². The molecule has 1 aliphatic carbocycles. The molecule has 0 unspecified atom stereocenters. The summed E-state index contributed by atoms with van der Waals surface area (Å²) in [4.78, 5) is 25.7. The third-order valence-corrected chi connectivity index (χ3v) is 6.58. The molecule has 2 amide bonds. The number of pyridine rings is 1. The number of anilines is 2. The van der Waals surface area contributed by atoms with Gasteiger partial charge in [0.05, 0.1) is 18.6 Å². The van der Waals surface area contributed by atoms with Crippen molar-refractivity contribution in [2.75, 3.05) is 10.6 Å². The number of hydrogen-bond acceptors (Lipinski definition) is 6. The summed E-state index contributed by atoms with van der Waals surface area (Å²) in [5, 5.41) is 37.3. The molecule has 0 saturated heterocycles. The minimum Gasteiger partial charge on any atom is -0.618 e. The zero-order valence-electron chi connectivity index (χ0n) is 20.1. The highest BCUT2D eigenvalue weighted by molar-refractivity contribution is 6.16. The van der Waals surface area contributed by atoms with E-state index in [0.717, 1.165) is 0 Å². The lowest BCUT2D eigenvalue weighted by molar-refractivity contribution is -0.577. The Balaban J connectivity index is 1.29. The lowest BCUT2D eigenvalue weighted by Gasteiger charge is -2.16. The molecule has 10 heteroatoms. The molecule has 1 aromatic heterocycles. The summed E-state index contributed by atoms with van der Waals surface area (Å²) in [7, 11) is 0. The van der Waals surface area contributed by atoms with Crippen molar-refractivity contribution in [3.05, 3.63) is 95.1 Å². The lowest BCUT2D eigenvalue weighted by atomic mass is 10.0. The van der Waals surface area contributed by atoms with Crippen LogP contribution in [0.4, 0.5) is 15.8 Å². The van der Waals surface area contributed by atoms with Gasteiger partial charge in [0.2, 0.25) is 17.3 Å². The van der Waals surface area contributed by atoms with Gasteiger partial charge in [0.15, 0.2) is 6.20 Å². The number of nitrogens with one attached hydrogen (secondary N) is 2. The van der Waals surface area contributed by atoms with E-state index >= 15 is 0 Å². The minimum absolute atomic E-state index is 0.279. The summed E-state index contributed by atoms with van der Waals surface area (Å²) < 4.78 is 19.7. The lowest BCUT2D eigenvalue weighted by Crippen LogP contribution is -2.35. The van der Waals surface area contributed by atoms with E-state index in [4.69, 9.17) is 4.74 Å². The Kier molecular flexibility index (Phi) is 6.66. The van der Waals surface area contributed by atoms with Crippen molar-refractivity contribution in [1.82, 2.24) is 0 Å². The number of amides is 2. The van der Waals surface area contributed by atoms with Crippen LogP contribution >= 0.6 is 0 Å². The Morgan fingerprint density at radius 1 is 0.895 bits per heavy atom. The van der Waals surface area contributed by atoms with Crippen LogP contribution in [-0.4, -0.2) is 22.0 Å². The van der Waals surface area contributed by atoms with E-state index < -0.39 is 23.0 Å². The topological polar surface area (TPSA) is 135 Å². The largest absolute Gasteiger partial charge is 0.618 e. The van der Waals surface area contributed by atoms with Gasteiger partial charge >= 0.3 is 0 Å². The number of fused-ring (bicyclic) bond motifs is 1. The quantitative estimate of drug-likeness (QED) is 0.160. The number of halogens is 1. The molecular weight excluding hydrogens is 493 g/mol. The monoisotopic (exact) mass is 517 g/mol. The molecule has 4 aromatic rings. The van der Waals surface area contributed by atoms with Crippen LogP contribution in [0.15, 0.2) is 72.9 Å². The van der Waals surface area contributed by atoms with Crippen LogP contribution in [0.2, 0.25) is 0 Å². The van der Waals surface area contributed by atoms with Gasteiger partial charge in [0.25, 0.3) is 0 Å². The number of hydrogen-bond donors (Lipinski definition) is 4. The molecule has 1 saturated carbocycles. The molecule has 5 rings (SSSR count). The van der Waals surface area contributed by atoms with Crippen molar-refractivity contribution in [1.29, 1.82) is 0 Å². The molecule has 194 valence electrons. The first-order valence-corrected chi connectivity index (χ1v) is 11.9. The smallest absolute Gasteiger partial charge is 0.240 e. The average molecular weight is 518 g/mol. The van der Waals surface area contributed by atoms with Gasteiger partial charge in [-0.25, -0.2) is 4.39 Å². The van der Waals surface area contributed by atoms with E-state index in [0.29, 0.717) is 57.0 Å². The van der Waals surface area contributed by atoms with E-state index in [1.165, 1.54) is 42.6 Å². The third-order valence-electron chi connectivity index (χ3n) is 6.58. The molecule has 3 aromatic carbocycles. The summed E-state index contributed by atoms with van der Waals surface area (Å²) in [6, 6.07) is 16.5. The fourth-order valence-electron chi connectivity index (χ4n) is 4.20. The van der Waals surface area contributed by atoms with E-state index in [1.807, 2.05) is 0 Å². The second-order valence-electron chi connectivity index (χ2n) is 9.08. The van der Waals surface area contributed by atoms with Gasteiger partial charge in [0, 0.05) is 23.5 Å². The van der Waals surface area contributed by atoms with Gasteiger partial charge in [-0.2, -0.15) is 4.73 Å². The number of ether oxygens (including phenoxy) is 1. The second kappa shape index (κ2) is 10.1. The van der Waals surface area contributed by atoms with Crippen molar-refractivity contribution >= 4 is 34.1 Å². The summed E-state index contributed by atoms with van der Waals surface area (Å²) in [5.41, 5.74) is 0.896. The van der Waals surface area contributed by atoms with E-state index in [2.05, 4.69) is 10.6 Å². The Morgan fingerprint density at radius 3 is 2.00 bits per heavy atom. The maximum Gasteiger partial charge on any atom is 0.240 e. The third kappa shape index (κ3) is 4.86. The number of aliphatic hydroxyl groups excluding tert-OH is 2. The van der Waals surface area contributed by atoms with Crippen molar-refractivity contribution in [2.24, 2.45) is 5.41 Å². The predicted molar refractivity (Wildman–Crippen MR) is 137 cm³/mol. The number of carbonyl (C=O) groups excluding carboxylic acids is 2. The Labute approximate surface area is 216 Å².